The highest BCUT2D eigenvalue weighted by Crippen LogP contribution is 2.42. The lowest BCUT2D eigenvalue weighted by molar-refractivity contribution is -0.124. The van der Waals surface area contributed by atoms with Gasteiger partial charge in [0.25, 0.3) is 0 Å². The van der Waals surface area contributed by atoms with E-state index in [-0.39, 0.29) is 35.4 Å². The molecular weight excluding hydrogens is 253 g/mol. The van der Waals surface area contributed by atoms with Crippen LogP contribution >= 0.6 is 11.8 Å². The van der Waals surface area contributed by atoms with Crippen LogP contribution in [0.3, 0.4) is 0 Å². The van der Waals surface area contributed by atoms with Crippen molar-refractivity contribution in [2.45, 2.75) is 31.2 Å². The van der Waals surface area contributed by atoms with Gasteiger partial charge in [0, 0.05) is 18.7 Å². The summed E-state index contributed by atoms with van der Waals surface area (Å²) in [6.45, 7) is 0.515. The Morgan fingerprint density at radius 3 is 2.47 bits per heavy atom. The number of amides is 1. The van der Waals surface area contributed by atoms with Crippen LogP contribution in [-0.4, -0.2) is 30.3 Å². The Bertz CT molecular complexity index is 261. The number of alkyl halides is 3. The Labute approximate surface area is 103 Å². The molecule has 0 spiro atoms. The van der Waals surface area contributed by atoms with Crippen molar-refractivity contribution in [3.63, 3.8) is 0 Å². The first-order chi connectivity index (χ1) is 7.87. The van der Waals surface area contributed by atoms with E-state index in [0.717, 1.165) is 19.3 Å². The zero-order chi connectivity index (χ0) is 12.9. The second-order valence-corrected chi connectivity index (χ2v) is 5.54. The molecule has 1 aliphatic rings. The highest BCUT2D eigenvalue weighted by Gasteiger charge is 2.37. The second kappa shape index (κ2) is 5.95. The van der Waals surface area contributed by atoms with Crippen LogP contribution < -0.4 is 11.1 Å². The van der Waals surface area contributed by atoms with Crippen molar-refractivity contribution < 1.29 is 18.0 Å². The van der Waals surface area contributed by atoms with Crippen LogP contribution in [0.15, 0.2) is 0 Å². The number of hydrogen-bond donors (Lipinski definition) is 2. The van der Waals surface area contributed by atoms with Crippen LogP contribution in [0.2, 0.25) is 0 Å². The van der Waals surface area contributed by atoms with Gasteiger partial charge in [-0.2, -0.15) is 13.2 Å². The van der Waals surface area contributed by atoms with Crippen molar-refractivity contribution in [2.24, 2.45) is 11.1 Å². The lowest BCUT2D eigenvalue weighted by Gasteiger charge is -2.40. The van der Waals surface area contributed by atoms with E-state index in [0.29, 0.717) is 13.0 Å². The smallest absolute Gasteiger partial charge is 0.355 e. The summed E-state index contributed by atoms with van der Waals surface area (Å²) in [6.07, 6.45) is 3.29. The molecule has 3 nitrogen and oxygen atoms in total. The Hall–Kier alpha value is -0.430. The summed E-state index contributed by atoms with van der Waals surface area (Å²) in [4.78, 5) is 11.5. The van der Waals surface area contributed by atoms with Crippen LogP contribution in [0.5, 0.6) is 0 Å². The molecule has 1 saturated carbocycles. The third-order valence-electron chi connectivity index (χ3n) is 3.07. The zero-order valence-electron chi connectivity index (χ0n) is 9.48. The molecule has 0 heterocycles. The zero-order valence-corrected chi connectivity index (χ0v) is 10.3. The number of hydrogen-bond acceptors (Lipinski definition) is 3. The van der Waals surface area contributed by atoms with Gasteiger partial charge in [0.15, 0.2) is 0 Å². The van der Waals surface area contributed by atoms with Crippen molar-refractivity contribution in [3.8, 4) is 0 Å². The summed E-state index contributed by atoms with van der Waals surface area (Å²) >= 11 is -0.120. The van der Waals surface area contributed by atoms with E-state index < -0.39 is 5.51 Å². The summed E-state index contributed by atoms with van der Waals surface area (Å²) in [5.41, 5.74) is 1.28. The van der Waals surface area contributed by atoms with Crippen LogP contribution in [0.1, 0.15) is 25.7 Å². The van der Waals surface area contributed by atoms with Gasteiger partial charge < -0.3 is 11.1 Å². The molecule has 0 aromatic rings. The van der Waals surface area contributed by atoms with Gasteiger partial charge in [-0.05, 0) is 36.6 Å². The lowest BCUT2D eigenvalue weighted by atomic mass is 9.66. The molecule has 0 atom stereocenters. The minimum absolute atomic E-state index is 0.0453. The number of nitrogens with one attached hydrogen (secondary N) is 1. The highest BCUT2D eigenvalue weighted by atomic mass is 32.2. The molecule has 3 N–H and O–H groups in total. The molecule has 1 fully saturated rings. The van der Waals surface area contributed by atoms with E-state index in [9.17, 15) is 18.0 Å². The first kappa shape index (κ1) is 14.6. The number of halogens is 3. The third-order valence-corrected chi connectivity index (χ3v) is 3.81. The van der Waals surface area contributed by atoms with E-state index in [1.54, 1.807) is 0 Å². The maximum Gasteiger partial charge on any atom is 0.441 e. The summed E-state index contributed by atoms with van der Waals surface area (Å²) < 4.78 is 35.4. The van der Waals surface area contributed by atoms with Crippen molar-refractivity contribution in [1.82, 2.24) is 5.32 Å². The van der Waals surface area contributed by atoms with Crippen molar-refractivity contribution in [1.29, 1.82) is 0 Å². The van der Waals surface area contributed by atoms with Gasteiger partial charge in [-0.1, -0.05) is 6.42 Å². The standard InChI is InChI=1S/C10H17F3N2OS/c11-10(12,13)17-5-4-15-8(16)6-9(7-14)2-1-3-9/h1-7,14H2,(H,15,16). The molecule has 0 bridgehead atoms. The molecular formula is C10H17F3N2OS. The number of thioether (sulfide) groups is 1. The molecule has 100 valence electrons. The summed E-state index contributed by atoms with van der Waals surface area (Å²) in [6, 6.07) is 0. The molecule has 0 aromatic heterocycles. The van der Waals surface area contributed by atoms with Gasteiger partial charge >= 0.3 is 5.51 Å². The average molecular weight is 270 g/mol. The number of nitrogens with two attached hydrogens (primary N) is 1. The first-order valence-corrected chi connectivity index (χ1v) is 6.53. The summed E-state index contributed by atoms with van der Waals surface area (Å²) in [5, 5.41) is 2.50. The normalized spacial score (nSPS) is 18.6. The van der Waals surface area contributed by atoms with Gasteiger partial charge in [0.05, 0.1) is 0 Å². The van der Waals surface area contributed by atoms with Crippen molar-refractivity contribution in [3.05, 3.63) is 0 Å². The molecule has 7 heteroatoms. The Morgan fingerprint density at radius 2 is 2.06 bits per heavy atom. The first-order valence-electron chi connectivity index (χ1n) is 5.54. The van der Waals surface area contributed by atoms with Crippen LogP contribution in [-0.2, 0) is 4.79 Å². The molecule has 17 heavy (non-hydrogen) atoms. The molecule has 0 aromatic carbocycles. The largest absolute Gasteiger partial charge is 0.441 e. The highest BCUT2D eigenvalue weighted by molar-refractivity contribution is 8.00. The van der Waals surface area contributed by atoms with Crippen LogP contribution in [0, 0.1) is 5.41 Å². The molecule has 0 saturated heterocycles. The van der Waals surface area contributed by atoms with E-state index in [1.165, 1.54) is 0 Å². The van der Waals surface area contributed by atoms with Gasteiger partial charge in [0.2, 0.25) is 5.91 Å². The van der Waals surface area contributed by atoms with Crippen LogP contribution in [0.25, 0.3) is 0 Å². The number of carbonyl (C=O) groups excluding carboxylic acids is 1. The quantitative estimate of drug-likeness (QED) is 0.725. The van der Waals surface area contributed by atoms with Gasteiger partial charge in [-0.3, -0.25) is 4.79 Å². The van der Waals surface area contributed by atoms with E-state index in [1.807, 2.05) is 0 Å². The molecule has 0 aliphatic heterocycles. The summed E-state index contributed by atoms with van der Waals surface area (Å²) in [5.74, 6) is -0.344. The van der Waals surface area contributed by atoms with Crippen molar-refractivity contribution in [2.75, 3.05) is 18.8 Å². The monoisotopic (exact) mass is 270 g/mol. The predicted molar refractivity (Wildman–Crippen MR) is 61.5 cm³/mol. The Balaban J connectivity index is 2.13. The Kier molecular flexibility index (Phi) is 5.12. The second-order valence-electron chi connectivity index (χ2n) is 4.38. The summed E-state index contributed by atoms with van der Waals surface area (Å²) in [7, 11) is 0. The third kappa shape index (κ3) is 5.16. The molecule has 1 rings (SSSR count). The van der Waals surface area contributed by atoms with Gasteiger partial charge in [-0.25, -0.2) is 0 Å². The van der Waals surface area contributed by atoms with Crippen LogP contribution in [0.4, 0.5) is 13.2 Å². The molecule has 0 unspecified atom stereocenters. The van der Waals surface area contributed by atoms with Gasteiger partial charge in [0.1, 0.15) is 0 Å². The minimum atomic E-state index is -4.23. The lowest BCUT2D eigenvalue weighted by Crippen LogP contribution is -2.42. The fraction of sp³-hybridized carbons (Fsp3) is 0.900. The maximum absolute atomic E-state index is 11.8. The molecule has 1 amide bonds. The fourth-order valence-corrected chi connectivity index (χ4v) is 2.33. The molecule has 0 radical (unpaired) electrons. The predicted octanol–water partition coefficient (Wildman–Crippen LogP) is 1.87. The minimum Gasteiger partial charge on any atom is -0.355 e. The maximum atomic E-state index is 11.8. The van der Waals surface area contributed by atoms with Gasteiger partial charge in [-0.15, -0.1) is 0 Å². The Morgan fingerprint density at radius 1 is 1.41 bits per heavy atom. The van der Waals surface area contributed by atoms with Crippen molar-refractivity contribution >= 4 is 17.7 Å². The van der Waals surface area contributed by atoms with E-state index >= 15 is 0 Å². The van der Waals surface area contributed by atoms with E-state index in [4.69, 9.17) is 5.73 Å². The van der Waals surface area contributed by atoms with E-state index in [2.05, 4.69) is 5.32 Å². The average Bonchev–Trinajstić information content (AvgIpc) is 2.17. The number of rotatable bonds is 6. The SMILES string of the molecule is NCC1(CC(=O)NCCSC(F)(F)F)CCC1. The molecule has 1 aliphatic carbocycles. The number of carbonyl (C=O) groups is 1. The topological polar surface area (TPSA) is 55.1 Å². The fourth-order valence-electron chi connectivity index (χ4n) is 1.89.